The van der Waals surface area contributed by atoms with Gasteiger partial charge in [0.1, 0.15) is 5.69 Å². The van der Waals surface area contributed by atoms with E-state index in [1.807, 2.05) is 0 Å². The molecule has 1 aromatic rings. The molecule has 1 rings (SSSR count). The van der Waals surface area contributed by atoms with Crippen LogP contribution in [0.2, 0.25) is 0 Å². The Hall–Kier alpha value is -2.49. The molecule has 1 aromatic heterocycles. The van der Waals surface area contributed by atoms with E-state index in [2.05, 4.69) is 25.9 Å². The molecule has 0 saturated heterocycles. The number of carbonyl (C=O) groups is 1. The summed E-state index contributed by atoms with van der Waals surface area (Å²) in [7, 11) is 3.12. The number of carbonyl (C=O) groups excluding carboxylic acids is 1. The molecule has 0 unspecified atom stereocenters. The molecular formula is C11H18N6O4. The van der Waals surface area contributed by atoms with E-state index in [1.54, 1.807) is 7.05 Å². The lowest BCUT2D eigenvalue weighted by atomic mass is 10.3. The Morgan fingerprint density at radius 3 is 2.71 bits per heavy atom. The summed E-state index contributed by atoms with van der Waals surface area (Å²) in [5.74, 6) is -0.0808. The van der Waals surface area contributed by atoms with Gasteiger partial charge < -0.3 is 20.7 Å². The summed E-state index contributed by atoms with van der Waals surface area (Å²) in [6, 6.07) is 0. The van der Waals surface area contributed by atoms with E-state index in [9.17, 15) is 14.9 Å². The van der Waals surface area contributed by atoms with Gasteiger partial charge in [-0.1, -0.05) is 0 Å². The third-order valence-corrected chi connectivity index (χ3v) is 2.51. The highest BCUT2D eigenvalue weighted by Crippen LogP contribution is 2.26. The van der Waals surface area contributed by atoms with Gasteiger partial charge in [-0.15, -0.1) is 0 Å². The molecule has 0 radical (unpaired) electrons. The fourth-order valence-electron chi connectivity index (χ4n) is 1.54. The SMILES string of the molecule is CNc1nc(C)c([N+](=O)[O-])c(NCC(=O)NCCOC)n1. The van der Waals surface area contributed by atoms with E-state index < -0.39 is 4.92 Å². The third-order valence-electron chi connectivity index (χ3n) is 2.51. The van der Waals surface area contributed by atoms with Crippen molar-refractivity contribution in [3.63, 3.8) is 0 Å². The average Bonchev–Trinajstić information content (AvgIpc) is 2.44. The number of amides is 1. The first-order valence-corrected chi connectivity index (χ1v) is 6.19. The van der Waals surface area contributed by atoms with Gasteiger partial charge in [0.15, 0.2) is 0 Å². The highest BCUT2D eigenvalue weighted by Gasteiger charge is 2.22. The van der Waals surface area contributed by atoms with Crippen molar-refractivity contribution in [2.45, 2.75) is 6.92 Å². The summed E-state index contributed by atoms with van der Waals surface area (Å²) in [6.07, 6.45) is 0. The highest BCUT2D eigenvalue weighted by molar-refractivity contribution is 5.81. The maximum absolute atomic E-state index is 11.6. The molecule has 0 atom stereocenters. The third kappa shape index (κ3) is 4.84. The predicted octanol–water partition coefficient (Wildman–Crippen LogP) is -0.0906. The molecule has 0 fully saturated rings. The van der Waals surface area contributed by atoms with E-state index in [0.29, 0.717) is 13.2 Å². The maximum Gasteiger partial charge on any atom is 0.332 e. The van der Waals surface area contributed by atoms with E-state index >= 15 is 0 Å². The van der Waals surface area contributed by atoms with Crippen LogP contribution in [-0.4, -0.2) is 54.7 Å². The molecule has 21 heavy (non-hydrogen) atoms. The second-order valence-corrected chi connectivity index (χ2v) is 4.03. The maximum atomic E-state index is 11.6. The van der Waals surface area contributed by atoms with Gasteiger partial charge in [0.05, 0.1) is 18.1 Å². The summed E-state index contributed by atoms with van der Waals surface area (Å²) in [5.41, 5.74) is -0.0414. The van der Waals surface area contributed by atoms with Gasteiger partial charge in [-0.3, -0.25) is 14.9 Å². The van der Waals surface area contributed by atoms with Gasteiger partial charge in [-0.05, 0) is 6.92 Å². The fourth-order valence-corrected chi connectivity index (χ4v) is 1.54. The normalized spacial score (nSPS) is 10.0. The summed E-state index contributed by atoms with van der Waals surface area (Å²) in [6.45, 7) is 2.13. The number of aromatic nitrogens is 2. The molecule has 1 amide bonds. The number of hydrogen-bond acceptors (Lipinski definition) is 8. The number of aryl methyl sites for hydroxylation is 1. The number of anilines is 2. The molecule has 0 aliphatic heterocycles. The van der Waals surface area contributed by atoms with Gasteiger partial charge in [0.2, 0.25) is 17.7 Å². The number of rotatable bonds is 8. The Morgan fingerprint density at radius 1 is 1.43 bits per heavy atom. The average molecular weight is 298 g/mol. The number of nitro groups is 1. The first kappa shape index (κ1) is 16.6. The smallest absolute Gasteiger partial charge is 0.332 e. The van der Waals surface area contributed by atoms with Crippen molar-refractivity contribution >= 4 is 23.4 Å². The molecule has 1 heterocycles. The molecular weight excluding hydrogens is 280 g/mol. The van der Waals surface area contributed by atoms with Crippen LogP contribution in [0.3, 0.4) is 0 Å². The summed E-state index contributed by atoms with van der Waals surface area (Å²) >= 11 is 0. The van der Waals surface area contributed by atoms with Crippen molar-refractivity contribution in [2.75, 3.05) is 44.5 Å². The van der Waals surface area contributed by atoms with Gasteiger partial charge in [-0.2, -0.15) is 4.98 Å². The predicted molar refractivity (Wildman–Crippen MR) is 76.3 cm³/mol. The monoisotopic (exact) mass is 298 g/mol. The Kier molecular flexibility index (Phi) is 6.27. The van der Waals surface area contributed by atoms with Crippen LogP contribution in [0.1, 0.15) is 5.69 Å². The van der Waals surface area contributed by atoms with Crippen molar-refractivity contribution in [1.29, 1.82) is 0 Å². The number of methoxy groups -OCH3 is 1. The van der Waals surface area contributed by atoms with Gasteiger partial charge >= 0.3 is 5.69 Å². The molecule has 0 aliphatic carbocycles. The summed E-state index contributed by atoms with van der Waals surface area (Å²) in [5, 5.41) is 19.0. The number of nitrogens with zero attached hydrogens (tertiary/aromatic N) is 3. The van der Waals surface area contributed by atoms with E-state index in [1.165, 1.54) is 14.0 Å². The minimum absolute atomic E-state index is 0.00117. The van der Waals surface area contributed by atoms with E-state index in [4.69, 9.17) is 4.74 Å². The molecule has 10 nitrogen and oxygen atoms in total. The zero-order valence-corrected chi connectivity index (χ0v) is 12.1. The Morgan fingerprint density at radius 2 is 2.14 bits per heavy atom. The summed E-state index contributed by atoms with van der Waals surface area (Å²) < 4.78 is 4.80. The van der Waals surface area contributed by atoms with Crippen LogP contribution in [0.25, 0.3) is 0 Å². The lowest BCUT2D eigenvalue weighted by Crippen LogP contribution is -2.32. The van der Waals surface area contributed by atoms with Crippen LogP contribution in [0.15, 0.2) is 0 Å². The topological polar surface area (TPSA) is 131 Å². The van der Waals surface area contributed by atoms with Crippen LogP contribution in [0.5, 0.6) is 0 Å². The van der Waals surface area contributed by atoms with Crippen LogP contribution in [0.4, 0.5) is 17.5 Å². The second-order valence-electron chi connectivity index (χ2n) is 4.03. The van der Waals surface area contributed by atoms with Crippen LogP contribution >= 0.6 is 0 Å². The lowest BCUT2D eigenvalue weighted by Gasteiger charge is -2.09. The van der Waals surface area contributed by atoms with E-state index in [0.717, 1.165) is 0 Å². The molecule has 3 N–H and O–H groups in total. The van der Waals surface area contributed by atoms with Crippen molar-refractivity contribution < 1.29 is 14.5 Å². The number of ether oxygens (including phenoxy) is 1. The van der Waals surface area contributed by atoms with Crippen molar-refractivity contribution in [2.24, 2.45) is 0 Å². The van der Waals surface area contributed by atoms with Crippen molar-refractivity contribution in [3.05, 3.63) is 15.8 Å². The first-order valence-electron chi connectivity index (χ1n) is 6.19. The second kappa shape index (κ2) is 7.94. The van der Waals surface area contributed by atoms with E-state index in [-0.39, 0.29) is 35.6 Å². The van der Waals surface area contributed by atoms with Crippen molar-refractivity contribution in [1.82, 2.24) is 15.3 Å². The minimum Gasteiger partial charge on any atom is -0.383 e. The quantitative estimate of drug-likeness (QED) is 0.345. The molecule has 0 aromatic carbocycles. The standard InChI is InChI=1S/C11H18N6O4/c1-7-9(17(19)20)10(16-11(12-2)15-7)14-6-8(18)13-4-5-21-3/h4-6H2,1-3H3,(H,13,18)(H2,12,14,15,16). The van der Waals surface area contributed by atoms with Gasteiger partial charge in [-0.25, -0.2) is 4.98 Å². The zero-order valence-electron chi connectivity index (χ0n) is 12.1. The van der Waals surface area contributed by atoms with Crippen LogP contribution in [-0.2, 0) is 9.53 Å². The van der Waals surface area contributed by atoms with Crippen LogP contribution < -0.4 is 16.0 Å². The molecule has 116 valence electrons. The van der Waals surface area contributed by atoms with Gasteiger partial charge in [0, 0.05) is 20.7 Å². The molecule has 0 bridgehead atoms. The van der Waals surface area contributed by atoms with Crippen LogP contribution in [0, 0.1) is 17.0 Å². The molecule has 0 saturated carbocycles. The fraction of sp³-hybridized carbons (Fsp3) is 0.545. The Balaban J connectivity index is 2.79. The van der Waals surface area contributed by atoms with Crippen molar-refractivity contribution in [3.8, 4) is 0 Å². The lowest BCUT2D eigenvalue weighted by molar-refractivity contribution is -0.385. The largest absolute Gasteiger partial charge is 0.383 e. The Labute approximate surface area is 121 Å². The number of nitrogens with one attached hydrogen (secondary N) is 3. The van der Waals surface area contributed by atoms with Gasteiger partial charge in [0.25, 0.3) is 0 Å². The molecule has 0 spiro atoms. The highest BCUT2D eigenvalue weighted by atomic mass is 16.6. The minimum atomic E-state index is -0.583. The zero-order chi connectivity index (χ0) is 15.8. The summed E-state index contributed by atoms with van der Waals surface area (Å²) in [4.78, 5) is 29.9. The first-order chi connectivity index (χ1) is 9.99. The Bertz CT molecular complexity index is 522. The number of hydrogen-bond donors (Lipinski definition) is 3. The molecule has 0 aliphatic rings. The molecule has 10 heteroatoms.